The SMILES string of the molecule is CCSC1CCCCN(S(=O)(=O)/C=C/c2ccccc2)C1. The van der Waals surface area contributed by atoms with Crippen molar-refractivity contribution < 1.29 is 8.42 Å². The third kappa shape index (κ3) is 5.16. The van der Waals surface area contributed by atoms with E-state index in [0.29, 0.717) is 18.3 Å². The summed E-state index contributed by atoms with van der Waals surface area (Å²) in [6.45, 7) is 3.41. The number of benzene rings is 1. The molecule has 1 fully saturated rings. The fraction of sp³-hybridized carbons (Fsp3) is 0.500. The van der Waals surface area contributed by atoms with Crippen LogP contribution in [0.15, 0.2) is 35.7 Å². The van der Waals surface area contributed by atoms with Gasteiger partial charge in [0.2, 0.25) is 10.0 Å². The lowest BCUT2D eigenvalue weighted by Crippen LogP contribution is -2.34. The van der Waals surface area contributed by atoms with Crippen molar-refractivity contribution in [3.63, 3.8) is 0 Å². The highest BCUT2D eigenvalue weighted by Crippen LogP contribution is 2.24. The lowest BCUT2D eigenvalue weighted by Gasteiger charge is -2.21. The molecular weight excluding hydrogens is 302 g/mol. The Bertz CT molecular complexity index is 555. The standard InChI is InChI=1S/C16H23NO2S2/c1-2-20-16-10-6-7-12-17(14-16)21(18,19)13-11-15-8-4-3-5-9-15/h3-5,8-9,11,13,16H,2,6-7,10,12,14H2,1H3/b13-11+. The normalized spacial score (nSPS) is 21.5. The van der Waals surface area contributed by atoms with Crippen molar-refractivity contribution in [2.24, 2.45) is 0 Å². The summed E-state index contributed by atoms with van der Waals surface area (Å²) in [6.07, 6.45) is 4.88. The molecule has 1 atom stereocenters. The maximum atomic E-state index is 12.5. The highest BCUT2D eigenvalue weighted by atomic mass is 32.2. The van der Waals surface area contributed by atoms with Crippen LogP contribution in [0, 0.1) is 0 Å². The van der Waals surface area contributed by atoms with Gasteiger partial charge in [0.15, 0.2) is 0 Å². The average Bonchev–Trinajstić information content (AvgIpc) is 2.73. The highest BCUT2D eigenvalue weighted by Gasteiger charge is 2.25. The lowest BCUT2D eigenvalue weighted by molar-refractivity contribution is 0.433. The monoisotopic (exact) mass is 325 g/mol. The summed E-state index contributed by atoms with van der Waals surface area (Å²) in [6, 6.07) is 9.56. The summed E-state index contributed by atoms with van der Waals surface area (Å²) in [5.41, 5.74) is 0.912. The molecule has 0 N–H and O–H groups in total. The molecule has 0 aromatic heterocycles. The quantitative estimate of drug-likeness (QED) is 0.830. The highest BCUT2D eigenvalue weighted by molar-refractivity contribution is 8.00. The molecule has 0 radical (unpaired) electrons. The van der Waals surface area contributed by atoms with Gasteiger partial charge < -0.3 is 0 Å². The smallest absolute Gasteiger partial charge is 0.208 e. The Morgan fingerprint density at radius 3 is 2.76 bits per heavy atom. The van der Waals surface area contributed by atoms with Crippen LogP contribution >= 0.6 is 11.8 Å². The van der Waals surface area contributed by atoms with Gasteiger partial charge in [0.05, 0.1) is 0 Å². The average molecular weight is 325 g/mol. The first-order valence-electron chi connectivity index (χ1n) is 7.46. The van der Waals surface area contributed by atoms with Gasteiger partial charge in [-0.3, -0.25) is 0 Å². The zero-order valence-electron chi connectivity index (χ0n) is 12.4. The minimum absolute atomic E-state index is 0.428. The summed E-state index contributed by atoms with van der Waals surface area (Å²) < 4.78 is 26.6. The van der Waals surface area contributed by atoms with Crippen molar-refractivity contribution in [1.29, 1.82) is 0 Å². The Morgan fingerprint density at radius 1 is 1.29 bits per heavy atom. The fourth-order valence-electron chi connectivity index (χ4n) is 2.49. The molecule has 116 valence electrons. The van der Waals surface area contributed by atoms with Crippen LogP contribution in [0.1, 0.15) is 31.7 Å². The van der Waals surface area contributed by atoms with Crippen LogP contribution in [0.3, 0.4) is 0 Å². The van der Waals surface area contributed by atoms with E-state index in [4.69, 9.17) is 0 Å². The third-order valence-electron chi connectivity index (χ3n) is 3.59. The van der Waals surface area contributed by atoms with E-state index in [2.05, 4.69) is 6.92 Å². The second-order valence-electron chi connectivity index (χ2n) is 5.19. The summed E-state index contributed by atoms with van der Waals surface area (Å²) >= 11 is 1.87. The molecule has 0 amide bonds. The van der Waals surface area contributed by atoms with E-state index in [-0.39, 0.29) is 0 Å². The molecule has 2 rings (SSSR count). The van der Waals surface area contributed by atoms with Crippen molar-refractivity contribution in [2.45, 2.75) is 31.4 Å². The van der Waals surface area contributed by atoms with E-state index >= 15 is 0 Å². The Kier molecular flexibility index (Phi) is 6.33. The summed E-state index contributed by atoms with van der Waals surface area (Å²) in [5, 5.41) is 1.78. The first-order chi connectivity index (χ1) is 10.1. The second-order valence-corrected chi connectivity index (χ2v) is 8.59. The van der Waals surface area contributed by atoms with E-state index in [1.54, 1.807) is 10.4 Å². The molecule has 1 aromatic carbocycles. The Balaban J connectivity index is 2.08. The number of sulfonamides is 1. The van der Waals surface area contributed by atoms with Gasteiger partial charge >= 0.3 is 0 Å². The summed E-state index contributed by atoms with van der Waals surface area (Å²) in [7, 11) is -3.32. The van der Waals surface area contributed by atoms with Gasteiger partial charge in [0.25, 0.3) is 0 Å². The van der Waals surface area contributed by atoms with Crippen LogP contribution in [-0.4, -0.2) is 36.8 Å². The predicted molar refractivity (Wildman–Crippen MR) is 91.7 cm³/mol. The fourth-order valence-corrected chi connectivity index (χ4v) is 4.94. The van der Waals surface area contributed by atoms with Crippen LogP contribution in [0.25, 0.3) is 6.08 Å². The van der Waals surface area contributed by atoms with Crippen LogP contribution < -0.4 is 0 Å². The first kappa shape index (κ1) is 16.6. The van der Waals surface area contributed by atoms with E-state index in [9.17, 15) is 8.42 Å². The van der Waals surface area contributed by atoms with Crippen molar-refractivity contribution in [3.8, 4) is 0 Å². The van der Waals surface area contributed by atoms with Gasteiger partial charge in [-0.2, -0.15) is 16.1 Å². The van der Waals surface area contributed by atoms with E-state index < -0.39 is 10.0 Å². The van der Waals surface area contributed by atoms with Crippen LogP contribution in [0.2, 0.25) is 0 Å². The maximum absolute atomic E-state index is 12.5. The lowest BCUT2D eigenvalue weighted by atomic mass is 10.2. The van der Waals surface area contributed by atoms with E-state index in [1.807, 2.05) is 42.1 Å². The molecule has 3 nitrogen and oxygen atoms in total. The van der Waals surface area contributed by atoms with Crippen molar-refractivity contribution in [2.75, 3.05) is 18.8 Å². The molecule has 1 unspecified atom stereocenters. The van der Waals surface area contributed by atoms with Crippen LogP contribution in [-0.2, 0) is 10.0 Å². The van der Waals surface area contributed by atoms with Gasteiger partial charge in [-0.05, 0) is 30.2 Å². The first-order valence-corrected chi connectivity index (χ1v) is 10.0. The Labute approximate surface area is 132 Å². The van der Waals surface area contributed by atoms with Crippen molar-refractivity contribution in [1.82, 2.24) is 4.31 Å². The number of rotatable bonds is 5. The van der Waals surface area contributed by atoms with Gasteiger partial charge in [-0.25, -0.2) is 8.42 Å². The Morgan fingerprint density at radius 2 is 2.05 bits per heavy atom. The van der Waals surface area contributed by atoms with Gasteiger partial charge in [0.1, 0.15) is 0 Å². The number of hydrogen-bond donors (Lipinski definition) is 0. The molecular formula is C16H23NO2S2. The minimum Gasteiger partial charge on any atom is -0.208 e. The van der Waals surface area contributed by atoms with Crippen LogP contribution in [0.4, 0.5) is 0 Å². The Hall–Kier alpha value is -0.780. The van der Waals surface area contributed by atoms with Crippen LogP contribution in [0.5, 0.6) is 0 Å². The predicted octanol–water partition coefficient (Wildman–Crippen LogP) is 3.59. The van der Waals surface area contributed by atoms with Crippen molar-refractivity contribution >= 4 is 27.9 Å². The van der Waals surface area contributed by atoms with Gasteiger partial charge in [-0.15, -0.1) is 0 Å². The largest absolute Gasteiger partial charge is 0.236 e. The molecule has 1 aromatic rings. The third-order valence-corrected chi connectivity index (χ3v) is 6.31. The number of hydrogen-bond acceptors (Lipinski definition) is 3. The summed E-state index contributed by atoms with van der Waals surface area (Å²) in [4.78, 5) is 0. The number of thioether (sulfide) groups is 1. The molecule has 1 saturated heterocycles. The molecule has 0 saturated carbocycles. The molecule has 0 aliphatic carbocycles. The molecule has 1 aliphatic rings. The molecule has 0 spiro atoms. The van der Waals surface area contributed by atoms with E-state index in [1.165, 1.54) is 5.41 Å². The minimum atomic E-state index is -3.32. The van der Waals surface area contributed by atoms with Crippen molar-refractivity contribution in [3.05, 3.63) is 41.3 Å². The summed E-state index contributed by atoms with van der Waals surface area (Å²) in [5.74, 6) is 1.04. The zero-order valence-corrected chi connectivity index (χ0v) is 14.1. The molecule has 1 heterocycles. The van der Waals surface area contributed by atoms with Gasteiger partial charge in [-0.1, -0.05) is 43.7 Å². The molecule has 0 bridgehead atoms. The maximum Gasteiger partial charge on any atom is 0.236 e. The second kappa shape index (κ2) is 8.01. The topological polar surface area (TPSA) is 37.4 Å². The van der Waals surface area contributed by atoms with E-state index in [0.717, 1.165) is 30.6 Å². The molecule has 5 heteroatoms. The molecule has 1 aliphatic heterocycles. The van der Waals surface area contributed by atoms with Gasteiger partial charge in [0, 0.05) is 23.7 Å². The zero-order chi connectivity index (χ0) is 15.1. The number of nitrogens with zero attached hydrogens (tertiary/aromatic N) is 1. The molecule has 21 heavy (non-hydrogen) atoms.